The second-order valence-corrected chi connectivity index (χ2v) is 9.86. The maximum absolute atomic E-state index is 14.4. The highest BCUT2D eigenvalue weighted by Crippen LogP contribution is 2.50. The number of para-hydroxylation sites is 1. The minimum atomic E-state index is -1.38. The van der Waals surface area contributed by atoms with E-state index in [2.05, 4.69) is 11.0 Å². The first-order chi connectivity index (χ1) is 16.9. The Kier molecular flexibility index (Phi) is 4.81. The van der Waals surface area contributed by atoms with Gasteiger partial charge in [0, 0.05) is 12.2 Å². The van der Waals surface area contributed by atoms with E-state index in [4.69, 9.17) is 0 Å². The van der Waals surface area contributed by atoms with E-state index in [9.17, 15) is 14.4 Å². The van der Waals surface area contributed by atoms with Crippen molar-refractivity contribution in [3.8, 4) is 0 Å². The summed E-state index contributed by atoms with van der Waals surface area (Å²) in [6.45, 7) is 4.70. The van der Waals surface area contributed by atoms with E-state index in [1.165, 1.54) is 9.80 Å². The number of anilines is 3. The predicted octanol–water partition coefficient (Wildman–Crippen LogP) is 5.01. The van der Waals surface area contributed by atoms with Gasteiger partial charge < -0.3 is 4.90 Å². The standard InChI is InChI=1S/C29H27N3O3/c1-19-9-13-22(14-10-19)31-26(33)29(27(34)32(28(31)35)23-15-11-20(2)12-16-23)18-21-6-3-4-7-24(21)30-17-5-8-25(29)30/h3-4,6-7,9-16,25H,5,8,17-18H2,1-2H3/t25-/m0/s1. The van der Waals surface area contributed by atoms with Gasteiger partial charge in [-0.3, -0.25) is 9.59 Å². The lowest BCUT2D eigenvalue weighted by Crippen LogP contribution is -2.72. The maximum atomic E-state index is 14.4. The van der Waals surface area contributed by atoms with Crippen LogP contribution in [-0.4, -0.2) is 30.4 Å². The highest BCUT2D eigenvalue weighted by atomic mass is 16.2. The van der Waals surface area contributed by atoms with Gasteiger partial charge in [-0.2, -0.15) is 0 Å². The Morgan fingerprint density at radius 2 is 1.29 bits per heavy atom. The summed E-state index contributed by atoms with van der Waals surface area (Å²) in [5, 5.41) is 0. The molecule has 3 aromatic carbocycles. The molecule has 1 spiro atoms. The van der Waals surface area contributed by atoms with Crippen molar-refractivity contribution in [2.75, 3.05) is 21.2 Å². The number of carbonyl (C=O) groups is 3. The van der Waals surface area contributed by atoms with Crippen molar-refractivity contribution in [1.29, 1.82) is 0 Å². The molecule has 0 bridgehead atoms. The van der Waals surface area contributed by atoms with Crippen LogP contribution in [0, 0.1) is 19.3 Å². The van der Waals surface area contributed by atoms with Gasteiger partial charge in [-0.25, -0.2) is 14.6 Å². The summed E-state index contributed by atoms with van der Waals surface area (Å²) in [6.07, 6.45) is 1.90. The number of carbonyl (C=O) groups excluding carboxylic acids is 3. The molecule has 6 rings (SSSR count). The van der Waals surface area contributed by atoms with Crippen molar-refractivity contribution >= 4 is 34.9 Å². The number of aryl methyl sites for hydroxylation is 2. The summed E-state index contributed by atoms with van der Waals surface area (Å²) in [5.41, 5.74) is 3.70. The quantitative estimate of drug-likeness (QED) is 0.499. The molecule has 3 aromatic rings. The number of hydrogen-bond donors (Lipinski definition) is 0. The van der Waals surface area contributed by atoms with Gasteiger partial charge >= 0.3 is 6.03 Å². The van der Waals surface area contributed by atoms with E-state index in [1.54, 1.807) is 24.3 Å². The first kappa shape index (κ1) is 21.6. The van der Waals surface area contributed by atoms with E-state index in [-0.39, 0.29) is 12.5 Å². The Labute approximate surface area is 204 Å². The zero-order valence-electron chi connectivity index (χ0n) is 19.9. The summed E-state index contributed by atoms with van der Waals surface area (Å²) in [5.74, 6) is -0.850. The van der Waals surface area contributed by atoms with Crippen molar-refractivity contribution < 1.29 is 14.4 Å². The summed E-state index contributed by atoms with van der Waals surface area (Å²) in [6, 6.07) is 21.7. The van der Waals surface area contributed by atoms with Gasteiger partial charge in [0.1, 0.15) is 0 Å². The van der Waals surface area contributed by atoms with E-state index in [0.29, 0.717) is 11.4 Å². The van der Waals surface area contributed by atoms with Crippen LogP contribution < -0.4 is 14.7 Å². The fourth-order valence-corrected chi connectivity index (χ4v) is 5.97. The number of amides is 4. The summed E-state index contributed by atoms with van der Waals surface area (Å²) < 4.78 is 0. The number of imide groups is 2. The van der Waals surface area contributed by atoms with Crippen LogP contribution in [0.5, 0.6) is 0 Å². The van der Waals surface area contributed by atoms with Gasteiger partial charge in [-0.15, -0.1) is 0 Å². The van der Waals surface area contributed by atoms with Crippen LogP contribution in [0.2, 0.25) is 0 Å². The highest BCUT2D eigenvalue weighted by molar-refractivity contribution is 6.39. The fourth-order valence-electron chi connectivity index (χ4n) is 5.97. The Morgan fingerprint density at radius 1 is 0.743 bits per heavy atom. The number of rotatable bonds is 2. The third-order valence-corrected chi connectivity index (χ3v) is 7.73. The van der Waals surface area contributed by atoms with Gasteiger partial charge in [0.15, 0.2) is 5.41 Å². The molecular weight excluding hydrogens is 438 g/mol. The number of barbiturate groups is 1. The molecule has 176 valence electrons. The average Bonchev–Trinajstić information content (AvgIpc) is 3.36. The monoisotopic (exact) mass is 465 g/mol. The third-order valence-electron chi connectivity index (χ3n) is 7.73. The fraction of sp³-hybridized carbons (Fsp3) is 0.276. The molecule has 3 aliphatic rings. The Morgan fingerprint density at radius 3 is 1.86 bits per heavy atom. The van der Waals surface area contributed by atoms with Crippen LogP contribution in [0.15, 0.2) is 72.8 Å². The van der Waals surface area contributed by atoms with E-state index in [1.807, 2.05) is 56.3 Å². The van der Waals surface area contributed by atoms with Crippen molar-refractivity contribution in [2.24, 2.45) is 5.41 Å². The smallest absolute Gasteiger partial charge is 0.342 e. The Hall–Kier alpha value is -3.93. The minimum absolute atomic E-state index is 0.278. The normalized spacial score (nSPS) is 20.9. The number of benzene rings is 3. The Balaban J connectivity index is 1.57. The molecule has 0 saturated carbocycles. The molecule has 0 unspecified atom stereocenters. The van der Waals surface area contributed by atoms with Crippen molar-refractivity contribution in [1.82, 2.24) is 0 Å². The summed E-state index contributed by atoms with van der Waals surface area (Å²) >= 11 is 0. The second kappa shape index (κ2) is 7.80. The van der Waals surface area contributed by atoms with Crippen LogP contribution >= 0.6 is 0 Å². The molecular formula is C29H27N3O3. The number of fused-ring (bicyclic) bond motifs is 4. The lowest BCUT2D eigenvalue weighted by molar-refractivity contribution is -0.142. The highest BCUT2D eigenvalue weighted by Gasteiger charge is 2.65. The van der Waals surface area contributed by atoms with Gasteiger partial charge in [-0.05, 0) is 69.0 Å². The molecule has 1 atom stereocenters. The first-order valence-electron chi connectivity index (χ1n) is 12.1. The van der Waals surface area contributed by atoms with E-state index < -0.39 is 23.3 Å². The minimum Gasteiger partial charge on any atom is -0.367 e. The average molecular weight is 466 g/mol. The zero-order chi connectivity index (χ0) is 24.3. The number of urea groups is 1. The molecule has 35 heavy (non-hydrogen) atoms. The molecule has 3 heterocycles. The van der Waals surface area contributed by atoms with Crippen LogP contribution in [0.1, 0.15) is 29.5 Å². The number of hydrogen-bond acceptors (Lipinski definition) is 4. The van der Waals surface area contributed by atoms with Crippen molar-refractivity contribution in [3.63, 3.8) is 0 Å². The number of nitrogens with zero attached hydrogens (tertiary/aromatic N) is 3. The molecule has 0 radical (unpaired) electrons. The van der Waals surface area contributed by atoms with E-state index in [0.717, 1.165) is 41.8 Å². The molecule has 4 amide bonds. The van der Waals surface area contributed by atoms with Gasteiger partial charge in [0.05, 0.1) is 17.4 Å². The van der Waals surface area contributed by atoms with Crippen LogP contribution in [-0.2, 0) is 16.0 Å². The van der Waals surface area contributed by atoms with Gasteiger partial charge in [-0.1, -0.05) is 53.6 Å². The van der Waals surface area contributed by atoms with Crippen LogP contribution in [0.3, 0.4) is 0 Å². The third kappa shape index (κ3) is 3.05. The molecule has 2 saturated heterocycles. The second-order valence-electron chi connectivity index (χ2n) is 9.86. The summed E-state index contributed by atoms with van der Waals surface area (Å²) in [4.78, 5) is 47.4. The molecule has 0 aromatic heterocycles. The van der Waals surface area contributed by atoms with Crippen molar-refractivity contribution in [3.05, 3.63) is 89.5 Å². The SMILES string of the molecule is Cc1ccc(N2C(=O)N(c3ccc(C)cc3)C(=O)C3(Cc4ccccc4N4CCC[C@H]43)C2=O)cc1. The molecule has 3 aliphatic heterocycles. The molecule has 6 heteroatoms. The van der Waals surface area contributed by atoms with E-state index >= 15 is 0 Å². The molecule has 2 fully saturated rings. The maximum Gasteiger partial charge on any atom is 0.342 e. The van der Waals surface area contributed by atoms with Gasteiger partial charge in [0.25, 0.3) is 11.8 Å². The molecule has 6 nitrogen and oxygen atoms in total. The lowest BCUT2D eigenvalue weighted by atomic mass is 9.68. The molecule has 0 N–H and O–H groups in total. The summed E-state index contributed by atoms with van der Waals surface area (Å²) in [7, 11) is 0. The Bertz CT molecular complexity index is 1280. The largest absolute Gasteiger partial charge is 0.367 e. The topological polar surface area (TPSA) is 60.9 Å². The molecule has 0 aliphatic carbocycles. The lowest BCUT2D eigenvalue weighted by Gasteiger charge is -2.51. The van der Waals surface area contributed by atoms with Crippen LogP contribution in [0.4, 0.5) is 21.9 Å². The van der Waals surface area contributed by atoms with Crippen molar-refractivity contribution in [2.45, 2.75) is 39.2 Å². The zero-order valence-corrected chi connectivity index (χ0v) is 19.9. The van der Waals surface area contributed by atoms with Crippen LogP contribution in [0.25, 0.3) is 0 Å². The predicted molar refractivity (Wildman–Crippen MR) is 136 cm³/mol. The van der Waals surface area contributed by atoms with Gasteiger partial charge in [0.2, 0.25) is 0 Å². The first-order valence-corrected chi connectivity index (χ1v) is 12.1.